The van der Waals surface area contributed by atoms with E-state index < -0.39 is 35.6 Å². The Bertz CT molecular complexity index is 501. The van der Waals surface area contributed by atoms with Crippen molar-refractivity contribution in [2.24, 2.45) is 0 Å². The minimum Gasteiger partial charge on any atom is -0.468 e. The van der Waals surface area contributed by atoms with Crippen molar-refractivity contribution < 1.29 is 27.8 Å². The van der Waals surface area contributed by atoms with E-state index in [0.29, 0.717) is 0 Å². The largest absolute Gasteiger partial charge is 0.468 e. The molecule has 1 aliphatic rings. The van der Waals surface area contributed by atoms with Crippen molar-refractivity contribution in [1.82, 2.24) is 4.90 Å². The van der Waals surface area contributed by atoms with Gasteiger partial charge in [0.1, 0.15) is 6.04 Å². The van der Waals surface area contributed by atoms with Crippen LogP contribution >= 0.6 is 0 Å². The average molecular weight is 289 g/mol. The Hall–Kier alpha value is -1.60. The lowest BCUT2D eigenvalue weighted by Gasteiger charge is -2.22. The summed E-state index contributed by atoms with van der Waals surface area (Å²) in [5.74, 6) is -4.62. The van der Waals surface area contributed by atoms with Gasteiger partial charge in [-0.2, -0.15) is 0 Å². The summed E-state index contributed by atoms with van der Waals surface area (Å²) in [6.07, 6.45) is -0.520. The molecule has 1 heterocycles. The molecule has 1 N–H and O–H groups in total. The van der Waals surface area contributed by atoms with Gasteiger partial charge in [-0.1, -0.05) is 0 Å². The number of benzene rings is 1. The maximum atomic E-state index is 13.1. The normalized spacial score (nSPS) is 23.1. The highest BCUT2D eigenvalue weighted by Gasteiger charge is 2.36. The minimum atomic E-state index is -1.53. The molecule has 0 amide bonds. The first-order chi connectivity index (χ1) is 9.42. The third-order valence-electron chi connectivity index (χ3n) is 3.28. The number of methoxy groups -OCH3 is 1. The fraction of sp³-hybridized carbons (Fsp3) is 0.462. The predicted octanol–water partition coefficient (Wildman–Crippen LogP) is 1.21. The number of halogens is 3. The van der Waals surface area contributed by atoms with E-state index in [9.17, 15) is 23.1 Å². The molecule has 2 rings (SSSR count). The SMILES string of the molecule is COC(=O)[C@H]1C[C@H](O)CN1Cc1cc(F)c(F)c(F)c1. The molecule has 1 saturated heterocycles. The number of β-amino-alcohol motifs (C(OH)–C–C–N with tert-alkyl or cyclic N) is 1. The molecule has 0 bridgehead atoms. The average Bonchev–Trinajstić information content (AvgIpc) is 2.75. The first-order valence-electron chi connectivity index (χ1n) is 6.05. The Balaban J connectivity index is 2.18. The van der Waals surface area contributed by atoms with E-state index in [1.807, 2.05) is 0 Å². The smallest absolute Gasteiger partial charge is 0.323 e. The summed E-state index contributed by atoms with van der Waals surface area (Å²) in [6, 6.07) is 1.07. The van der Waals surface area contributed by atoms with Crippen molar-refractivity contribution in [2.75, 3.05) is 13.7 Å². The van der Waals surface area contributed by atoms with Crippen LogP contribution < -0.4 is 0 Å². The van der Waals surface area contributed by atoms with E-state index in [2.05, 4.69) is 4.74 Å². The molecule has 0 aromatic heterocycles. The lowest BCUT2D eigenvalue weighted by atomic mass is 10.1. The highest BCUT2D eigenvalue weighted by molar-refractivity contribution is 5.76. The number of aliphatic hydroxyl groups is 1. The van der Waals surface area contributed by atoms with Crippen molar-refractivity contribution in [3.63, 3.8) is 0 Å². The minimum absolute atomic E-state index is 0.0188. The third kappa shape index (κ3) is 2.94. The molecule has 1 fully saturated rings. The van der Waals surface area contributed by atoms with Crippen LogP contribution in [0.3, 0.4) is 0 Å². The zero-order chi connectivity index (χ0) is 14.9. The van der Waals surface area contributed by atoms with Gasteiger partial charge in [-0.25, -0.2) is 13.2 Å². The van der Waals surface area contributed by atoms with Crippen LogP contribution in [0.15, 0.2) is 12.1 Å². The highest BCUT2D eigenvalue weighted by atomic mass is 19.2. The van der Waals surface area contributed by atoms with Gasteiger partial charge < -0.3 is 9.84 Å². The van der Waals surface area contributed by atoms with Crippen molar-refractivity contribution in [1.29, 1.82) is 0 Å². The lowest BCUT2D eigenvalue weighted by Crippen LogP contribution is -2.36. The number of likely N-dealkylation sites (tertiary alicyclic amines) is 1. The van der Waals surface area contributed by atoms with Gasteiger partial charge in [-0.15, -0.1) is 0 Å². The van der Waals surface area contributed by atoms with Crippen LogP contribution in [-0.2, 0) is 16.1 Å². The van der Waals surface area contributed by atoms with Gasteiger partial charge >= 0.3 is 5.97 Å². The maximum absolute atomic E-state index is 13.1. The zero-order valence-corrected chi connectivity index (χ0v) is 10.8. The first kappa shape index (κ1) is 14.8. The first-order valence-corrected chi connectivity index (χ1v) is 6.05. The van der Waals surface area contributed by atoms with Crippen LogP contribution in [0.4, 0.5) is 13.2 Å². The number of ether oxygens (including phenoxy) is 1. The molecule has 1 aliphatic heterocycles. The predicted molar refractivity (Wildman–Crippen MR) is 63.2 cm³/mol. The number of nitrogens with zero attached hydrogens (tertiary/aromatic N) is 1. The van der Waals surface area contributed by atoms with Crippen LogP contribution in [0.1, 0.15) is 12.0 Å². The monoisotopic (exact) mass is 289 g/mol. The van der Waals surface area contributed by atoms with E-state index in [1.165, 1.54) is 7.11 Å². The number of hydrogen-bond acceptors (Lipinski definition) is 4. The summed E-state index contributed by atoms with van der Waals surface area (Å²) >= 11 is 0. The summed E-state index contributed by atoms with van der Waals surface area (Å²) in [5, 5.41) is 9.59. The zero-order valence-electron chi connectivity index (χ0n) is 10.8. The molecular formula is C13H14F3NO3. The van der Waals surface area contributed by atoms with Gasteiger partial charge in [0.2, 0.25) is 0 Å². The molecule has 2 atom stereocenters. The van der Waals surface area contributed by atoms with E-state index in [1.54, 1.807) is 4.90 Å². The van der Waals surface area contributed by atoms with Crippen LogP contribution in [-0.4, -0.2) is 41.8 Å². The molecular weight excluding hydrogens is 275 g/mol. The van der Waals surface area contributed by atoms with E-state index in [0.717, 1.165) is 12.1 Å². The lowest BCUT2D eigenvalue weighted by molar-refractivity contribution is -0.146. The molecule has 1 aromatic carbocycles. The van der Waals surface area contributed by atoms with E-state index in [4.69, 9.17) is 0 Å². The summed E-state index contributed by atoms with van der Waals surface area (Å²) < 4.78 is 43.8. The van der Waals surface area contributed by atoms with Crippen molar-refractivity contribution in [3.8, 4) is 0 Å². The molecule has 7 heteroatoms. The van der Waals surface area contributed by atoms with Crippen molar-refractivity contribution in [3.05, 3.63) is 35.1 Å². The Kier molecular flexibility index (Phi) is 4.29. The van der Waals surface area contributed by atoms with Gasteiger partial charge in [0, 0.05) is 19.5 Å². The van der Waals surface area contributed by atoms with Crippen molar-refractivity contribution in [2.45, 2.75) is 25.1 Å². The standard InChI is InChI=1S/C13H14F3NO3/c1-20-13(19)11-4-8(18)6-17(11)5-7-2-9(14)12(16)10(15)3-7/h2-3,8,11,18H,4-6H2,1H3/t8-,11+/m0/s1. The quantitative estimate of drug-likeness (QED) is 0.671. The topological polar surface area (TPSA) is 49.8 Å². The Morgan fingerprint density at radius 3 is 2.55 bits per heavy atom. The molecule has 0 radical (unpaired) electrons. The number of rotatable bonds is 3. The summed E-state index contributed by atoms with van der Waals surface area (Å²) in [6.45, 7) is 0.200. The summed E-state index contributed by atoms with van der Waals surface area (Å²) in [7, 11) is 1.22. The van der Waals surface area contributed by atoms with Crippen LogP contribution in [0.5, 0.6) is 0 Å². The third-order valence-corrected chi connectivity index (χ3v) is 3.28. The molecule has 0 unspecified atom stereocenters. The second-order valence-electron chi connectivity index (χ2n) is 4.73. The molecule has 0 saturated carbocycles. The van der Waals surface area contributed by atoms with Crippen LogP contribution in [0.25, 0.3) is 0 Å². The maximum Gasteiger partial charge on any atom is 0.323 e. The summed E-state index contributed by atoms with van der Waals surface area (Å²) in [5.41, 5.74) is 0.185. The van der Waals surface area contributed by atoms with Gasteiger partial charge in [0.05, 0.1) is 13.2 Å². The fourth-order valence-corrected chi connectivity index (χ4v) is 2.37. The Labute approximate surface area is 113 Å². The Morgan fingerprint density at radius 2 is 2.00 bits per heavy atom. The number of esters is 1. The molecule has 0 spiro atoms. The Morgan fingerprint density at radius 1 is 1.40 bits per heavy atom. The van der Waals surface area contributed by atoms with Gasteiger partial charge in [-0.3, -0.25) is 9.69 Å². The molecule has 20 heavy (non-hydrogen) atoms. The van der Waals surface area contributed by atoms with Gasteiger partial charge in [0.15, 0.2) is 17.5 Å². The van der Waals surface area contributed by atoms with E-state index in [-0.39, 0.29) is 25.1 Å². The number of carbonyl (C=O) groups is 1. The summed E-state index contributed by atoms with van der Waals surface area (Å²) in [4.78, 5) is 13.1. The van der Waals surface area contributed by atoms with Crippen LogP contribution in [0, 0.1) is 17.5 Å². The van der Waals surface area contributed by atoms with Crippen molar-refractivity contribution >= 4 is 5.97 Å². The molecule has 0 aliphatic carbocycles. The fourth-order valence-electron chi connectivity index (χ4n) is 2.37. The van der Waals surface area contributed by atoms with E-state index >= 15 is 0 Å². The van der Waals surface area contributed by atoms with Crippen LogP contribution in [0.2, 0.25) is 0 Å². The molecule has 110 valence electrons. The second-order valence-corrected chi connectivity index (χ2v) is 4.73. The second kappa shape index (κ2) is 5.80. The highest BCUT2D eigenvalue weighted by Crippen LogP contribution is 2.23. The molecule has 4 nitrogen and oxygen atoms in total. The van der Waals surface area contributed by atoms with Gasteiger partial charge in [-0.05, 0) is 17.7 Å². The number of aliphatic hydroxyl groups excluding tert-OH is 1. The number of carbonyl (C=O) groups excluding carboxylic acids is 1. The van der Waals surface area contributed by atoms with Gasteiger partial charge in [0.25, 0.3) is 0 Å². The molecule has 1 aromatic rings. The number of hydrogen-bond donors (Lipinski definition) is 1.